The van der Waals surface area contributed by atoms with E-state index < -0.39 is 0 Å². The predicted octanol–water partition coefficient (Wildman–Crippen LogP) is 5.08. The molecular formula is C19H17Cl3NO2+. The van der Waals surface area contributed by atoms with Crippen LogP contribution in [0.4, 0.5) is 0 Å². The topological polar surface area (TPSA) is 39.0 Å². The number of benzene rings is 2. The lowest BCUT2D eigenvalue weighted by molar-refractivity contribution is -0.688. The highest BCUT2D eigenvalue weighted by Gasteiger charge is 2.09. The lowest BCUT2D eigenvalue weighted by Gasteiger charge is -2.12. The minimum atomic E-state index is 0.364. The average Bonchev–Trinajstić information content (AvgIpc) is 3.09. The van der Waals surface area contributed by atoms with Crippen LogP contribution in [-0.4, -0.2) is 0 Å². The van der Waals surface area contributed by atoms with E-state index in [1.54, 1.807) is 18.4 Å². The van der Waals surface area contributed by atoms with E-state index in [4.69, 9.17) is 44.0 Å². The van der Waals surface area contributed by atoms with Crippen LogP contribution in [0.25, 0.3) is 0 Å². The normalized spacial score (nSPS) is 10.8. The Morgan fingerprint density at radius 1 is 0.880 bits per heavy atom. The summed E-state index contributed by atoms with van der Waals surface area (Å²) in [6.07, 6.45) is 1.67. The Morgan fingerprint density at radius 2 is 1.68 bits per heavy atom. The quantitative estimate of drug-likeness (QED) is 0.603. The van der Waals surface area contributed by atoms with Gasteiger partial charge in [-0.05, 0) is 42.5 Å². The fraction of sp³-hybridized carbons (Fsp3) is 0.158. The summed E-state index contributed by atoms with van der Waals surface area (Å²) in [5, 5.41) is 4.01. The third-order valence-corrected chi connectivity index (χ3v) is 4.53. The van der Waals surface area contributed by atoms with Crippen molar-refractivity contribution in [2.45, 2.75) is 19.7 Å². The summed E-state index contributed by atoms with van der Waals surface area (Å²) in [4.78, 5) is 0. The number of hydrogen-bond acceptors (Lipinski definition) is 2. The first kappa shape index (κ1) is 18.2. The minimum absolute atomic E-state index is 0.364. The molecule has 0 radical (unpaired) electrons. The number of hydrogen-bond donors (Lipinski definition) is 1. The first-order valence-electron chi connectivity index (χ1n) is 7.81. The Kier molecular flexibility index (Phi) is 6.27. The molecule has 0 bridgehead atoms. The van der Waals surface area contributed by atoms with Gasteiger partial charge < -0.3 is 14.5 Å². The Morgan fingerprint density at radius 3 is 2.44 bits per heavy atom. The molecule has 0 amide bonds. The summed E-state index contributed by atoms with van der Waals surface area (Å²) in [5.41, 5.74) is 1.90. The van der Waals surface area contributed by atoms with Gasteiger partial charge in [0.2, 0.25) is 0 Å². The highest BCUT2D eigenvalue weighted by Crippen LogP contribution is 2.26. The summed E-state index contributed by atoms with van der Waals surface area (Å²) >= 11 is 18.3. The predicted molar refractivity (Wildman–Crippen MR) is 100 cm³/mol. The van der Waals surface area contributed by atoms with Gasteiger partial charge in [0.05, 0.1) is 6.26 Å². The molecule has 2 aromatic carbocycles. The molecule has 130 valence electrons. The molecule has 3 nitrogen and oxygen atoms in total. The van der Waals surface area contributed by atoms with Crippen molar-refractivity contribution in [1.29, 1.82) is 0 Å². The first-order chi connectivity index (χ1) is 12.1. The van der Waals surface area contributed by atoms with Crippen LogP contribution in [0, 0.1) is 0 Å². The zero-order valence-corrected chi connectivity index (χ0v) is 15.6. The molecule has 0 saturated carbocycles. The summed E-state index contributed by atoms with van der Waals surface area (Å²) in [6, 6.07) is 14.8. The number of halogens is 3. The third-order valence-electron chi connectivity index (χ3n) is 3.71. The van der Waals surface area contributed by atoms with Crippen LogP contribution >= 0.6 is 34.8 Å². The molecule has 25 heavy (non-hydrogen) atoms. The second kappa shape index (κ2) is 8.63. The minimum Gasteiger partial charge on any atom is -0.488 e. The molecule has 0 atom stereocenters. The van der Waals surface area contributed by atoms with Crippen molar-refractivity contribution in [2.24, 2.45) is 0 Å². The third kappa shape index (κ3) is 5.16. The van der Waals surface area contributed by atoms with Gasteiger partial charge in [0.1, 0.15) is 25.4 Å². The van der Waals surface area contributed by atoms with Gasteiger partial charge in [0, 0.05) is 26.2 Å². The monoisotopic (exact) mass is 396 g/mol. The van der Waals surface area contributed by atoms with Crippen molar-refractivity contribution >= 4 is 34.8 Å². The van der Waals surface area contributed by atoms with E-state index in [9.17, 15) is 0 Å². The Bertz CT molecular complexity index is 835. The average molecular weight is 398 g/mol. The highest BCUT2D eigenvalue weighted by molar-refractivity contribution is 6.35. The molecule has 0 aliphatic heterocycles. The van der Waals surface area contributed by atoms with E-state index in [0.29, 0.717) is 21.7 Å². The number of ether oxygens (including phenoxy) is 1. The highest BCUT2D eigenvalue weighted by atomic mass is 35.5. The van der Waals surface area contributed by atoms with Crippen molar-refractivity contribution in [3.05, 3.63) is 86.7 Å². The molecule has 0 saturated heterocycles. The van der Waals surface area contributed by atoms with Crippen LogP contribution in [0.15, 0.2) is 59.2 Å². The van der Waals surface area contributed by atoms with Crippen LogP contribution in [-0.2, 0) is 19.7 Å². The van der Waals surface area contributed by atoms with Crippen LogP contribution in [0.3, 0.4) is 0 Å². The van der Waals surface area contributed by atoms with E-state index >= 15 is 0 Å². The maximum atomic E-state index is 6.20. The van der Waals surface area contributed by atoms with E-state index in [0.717, 1.165) is 35.7 Å². The van der Waals surface area contributed by atoms with Crippen LogP contribution in [0.1, 0.15) is 16.9 Å². The molecule has 3 rings (SSSR count). The van der Waals surface area contributed by atoms with E-state index in [1.165, 1.54) is 0 Å². The Hall–Kier alpha value is -1.65. The molecular weight excluding hydrogens is 381 g/mol. The maximum Gasteiger partial charge on any atom is 0.157 e. The largest absolute Gasteiger partial charge is 0.488 e. The van der Waals surface area contributed by atoms with E-state index in [-0.39, 0.29) is 0 Å². The summed E-state index contributed by atoms with van der Waals surface area (Å²) < 4.78 is 11.3. The molecule has 6 heteroatoms. The van der Waals surface area contributed by atoms with Crippen molar-refractivity contribution in [3.63, 3.8) is 0 Å². The van der Waals surface area contributed by atoms with Crippen molar-refractivity contribution in [3.8, 4) is 5.75 Å². The van der Waals surface area contributed by atoms with Crippen molar-refractivity contribution in [1.82, 2.24) is 0 Å². The summed E-state index contributed by atoms with van der Waals surface area (Å²) in [7, 11) is 0. The smallest absolute Gasteiger partial charge is 0.157 e. The number of nitrogens with two attached hydrogens (primary N) is 1. The van der Waals surface area contributed by atoms with Gasteiger partial charge in [-0.15, -0.1) is 0 Å². The van der Waals surface area contributed by atoms with Gasteiger partial charge in [-0.25, -0.2) is 0 Å². The maximum absolute atomic E-state index is 6.20. The second-order valence-corrected chi connectivity index (χ2v) is 6.83. The molecule has 0 aliphatic rings. The fourth-order valence-electron chi connectivity index (χ4n) is 2.44. The molecule has 1 heterocycles. The SMILES string of the molecule is Clc1ccc(COc2ccc(Cl)cc2C[NH2+]Cc2ccco2)c(Cl)c1. The molecule has 0 fully saturated rings. The summed E-state index contributed by atoms with van der Waals surface area (Å²) in [5.74, 6) is 1.71. The van der Waals surface area contributed by atoms with E-state index in [1.807, 2.05) is 36.4 Å². The van der Waals surface area contributed by atoms with Crippen LogP contribution in [0.5, 0.6) is 5.75 Å². The molecule has 0 unspecified atom stereocenters. The summed E-state index contributed by atoms with van der Waals surface area (Å²) in [6.45, 7) is 1.84. The zero-order chi connectivity index (χ0) is 17.6. The molecule has 0 aliphatic carbocycles. The van der Waals surface area contributed by atoms with Crippen molar-refractivity contribution in [2.75, 3.05) is 0 Å². The Balaban J connectivity index is 1.65. The molecule has 3 aromatic rings. The standard InChI is InChI=1S/C19H16Cl3NO2/c20-15-5-6-19(25-12-13-3-4-16(21)9-18(13)22)14(8-15)10-23-11-17-2-1-7-24-17/h1-9,23H,10-12H2/p+1. The zero-order valence-electron chi connectivity index (χ0n) is 13.3. The van der Waals surface area contributed by atoms with Crippen LogP contribution < -0.4 is 10.1 Å². The van der Waals surface area contributed by atoms with E-state index in [2.05, 4.69) is 5.32 Å². The van der Waals surface area contributed by atoms with Gasteiger partial charge in [-0.3, -0.25) is 0 Å². The van der Waals surface area contributed by atoms with Gasteiger partial charge in [0.15, 0.2) is 5.76 Å². The van der Waals surface area contributed by atoms with Gasteiger partial charge >= 0.3 is 0 Å². The first-order valence-corrected chi connectivity index (χ1v) is 8.94. The molecule has 1 aromatic heterocycles. The second-order valence-electron chi connectivity index (χ2n) is 5.55. The Labute approximate surface area is 161 Å². The van der Waals surface area contributed by atoms with Gasteiger partial charge in [0.25, 0.3) is 0 Å². The number of quaternary nitrogens is 1. The van der Waals surface area contributed by atoms with Gasteiger partial charge in [-0.1, -0.05) is 40.9 Å². The lowest BCUT2D eigenvalue weighted by Crippen LogP contribution is -2.80. The molecule has 2 N–H and O–H groups in total. The molecule has 0 spiro atoms. The van der Waals surface area contributed by atoms with Crippen LogP contribution in [0.2, 0.25) is 15.1 Å². The lowest BCUT2D eigenvalue weighted by atomic mass is 10.2. The number of rotatable bonds is 7. The number of furan rings is 1. The fourth-order valence-corrected chi connectivity index (χ4v) is 3.10. The van der Waals surface area contributed by atoms with Crippen molar-refractivity contribution < 1.29 is 14.5 Å². The van der Waals surface area contributed by atoms with Gasteiger partial charge in [-0.2, -0.15) is 0 Å².